The van der Waals surface area contributed by atoms with Crippen LogP contribution in [0.3, 0.4) is 0 Å². The Labute approximate surface area is 101 Å². The highest BCUT2D eigenvalue weighted by Crippen LogP contribution is 2.21. The van der Waals surface area contributed by atoms with Gasteiger partial charge in [0.2, 0.25) is 10.0 Å². The largest absolute Gasteiger partial charge is 0.310 e. The zero-order valence-electron chi connectivity index (χ0n) is 9.78. The molecule has 0 bridgehead atoms. The standard InChI is InChI=1S/C10H18N2O2S2/c1-4-12-16(13,14)10-5-6-15-9(10)7-11-8(2)3/h5-6,8,11-12H,4,7H2,1-3H3. The Hall–Kier alpha value is -0.430. The molecule has 16 heavy (non-hydrogen) atoms. The Morgan fingerprint density at radius 1 is 1.44 bits per heavy atom. The third-order valence-corrected chi connectivity index (χ3v) is 4.68. The molecule has 0 unspecified atom stereocenters. The van der Waals surface area contributed by atoms with Crippen molar-refractivity contribution in [2.45, 2.75) is 38.3 Å². The van der Waals surface area contributed by atoms with Crippen molar-refractivity contribution in [1.82, 2.24) is 10.0 Å². The average molecular weight is 262 g/mol. The van der Waals surface area contributed by atoms with Gasteiger partial charge in [0, 0.05) is 24.0 Å². The number of nitrogens with one attached hydrogen (secondary N) is 2. The molecule has 92 valence electrons. The molecule has 0 amide bonds. The maximum absolute atomic E-state index is 11.8. The minimum absolute atomic E-state index is 0.344. The molecule has 1 rings (SSSR count). The molecule has 0 aromatic carbocycles. The molecule has 1 heterocycles. The van der Waals surface area contributed by atoms with E-state index in [2.05, 4.69) is 10.0 Å². The maximum Gasteiger partial charge on any atom is 0.241 e. The second-order valence-corrected chi connectivity index (χ2v) is 6.48. The molecule has 0 saturated heterocycles. The van der Waals surface area contributed by atoms with Crippen molar-refractivity contribution < 1.29 is 8.42 Å². The van der Waals surface area contributed by atoms with Gasteiger partial charge in [-0.15, -0.1) is 11.3 Å². The first-order valence-corrected chi connectivity index (χ1v) is 7.63. The highest BCUT2D eigenvalue weighted by molar-refractivity contribution is 7.89. The van der Waals surface area contributed by atoms with E-state index in [1.165, 1.54) is 11.3 Å². The lowest BCUT2D eigenvalue weighted by Crippen LogP contribution is -2.26. The predicted molar refractivity (Wildman–Crippen MR) is 67.2 cm³/mol. The van der Waals surface area contributed by atoms with Gasteiger partial charge in [-0.2, -0.15) is 0 Å². The van der Waals surface area contributed by atoms with E-state index in [0.29, 0.717) is 24.0 Å². The molecule has 0 fully saturated rings. The zero-order chi connectivity index (χ0) is 12.2. The van der Waals surface area contributed by atoms with Crippen molar-refractivity contribution >= 4 is 21.4 Å². The second-order valence-electron chi connectivity index (χ2n) is 3.74. The Morgan fingerprint density at radius 2 is 2.12 bits per heavy atom. The van der Waals surface area contributed by atoms with Crippen molar-refractivity contribution in [2.24, 2.45) is 0 Å². The van der Waals surface area contributed by atoms with E-state index >= 15 is 0 Å². The molecule has 0 aliphatic heterocycles. The molecule has 0 atom stereocenters. The lowest BCUT2D eigenvalue weighted by molar-refractivity contribution is 0.573. The zero-order valence-corrected chi connectivity index (χ0v) is 11.4. The Morgan fingerprint density at radius 3 is 2.69 bits per heavy atom. The summed E-state index contributed by atoms with van der Waals surface area (Å²) in [5, 5.41) is 5.03. The summed E-state index contributed by atoms with van der Waals surface area (Å²) in [4.78, 5) is 1.25. The maximum atomic E-state index is 11.8. The normalized spacial score (nSPS) is 12.2. The molecule has 0 aliphatic carbocycles. The molecule has 0 aliphatic rings. The summed E-state index contributed by atoms with van der Waals surface area (Å²) >= 11 is 1.46. The van der Waals surface area contributed by atoms with Gasteiger partial charge in [-0.3, -0.25) is 0 Å². The summed E-state index contributed by atoms with van der Waals surface area (Å²) in [6.07, 6.45) is 0. The van der Waals surface area contributed by atoms with Gasteiger partial charge < -0.3 is 5.32 Å². The molecule has 0 saturated carbocycles. The average Bonchev–Trinajstić information content (AvgIpc) is 2.62. The number of hydrogen-bond donors (Lipinski definition) is 2. The Kier molecular flexibility index (Phi) is 4.91. The third kappa shape index (κ3) is 3.55. The quantitative estimate of drug-likeness (QED) is 0.817. The van der Waals surface area contributed by atoms with Crippen LogP contribution in [-0.2, 0) is 16.6 Å². The van der Waals surface area contributed by atoms with Gasteiger partial charge in [0.25, 0.3) is 0 Å². The fraction of sp³-hybridized carbons (Fsp3) is 0.600. The molecule has 1 aromatic heterocycles. The lowest BCUT2D eigenvalue weighted by atomic mass is 10.4. The molecular formula is C10H18N2O2S2. The smallest absolute Gasteiger partial charge is 0.241 e. The Bertz CT molecular complexity index is 424. The van der Waals surface area contributed by atoms with E-state index < -0.39 is 10.0 Å². The van der Waals surface area contributed by atoms with Gasteiger partial charge in [0.15, 0.2) is 0 Å². The van der Waals surface area contributed by atoms with Crippen LogP contribution in [0.25, 0.3) is 0 Å². The summed E-state index contributed by atoms with van der Waals surface area (Å²) < 4.78 is 26.2. The molecule has 0 radical (unpaired) electrons. The van der Waals surface area contributed by atoms with Crippen LogP contribution in [0.1, 0.15) is 25.6 Å². The Balaban J connectivity index is 2.86. The number of rotatable bonds is 6. The lowest BCUT2D eigenvalue weighted by Gasteiger charge is -2.09. The van der Waals surface area contributed by atoms with Crippen molar-refractivity contribution in [3.05, 3.63) is 16.3 Å². The fourth-order valence-corrected chi connectivity index (χ4v) is 3.70. The summed E-state index contributed by atoms with van der Waals surface area (Å²) in [7, 11) is -3.33. The van der Waals surface area contributed by atoms with E-state index in [9.17, 15) is 8.42 Å². The fourth-order valence-electron chi connectivity index (χ4n) is 1.26. The van der Waals surface area contributed by atoms with Gasteiger partial charge in [0.1, 0.15) is 0 Å². The van der Waals surface area contributed by atoms with Crippen LogP contribution in [0.15, 0.2) is 16.3 Å². The van der Waals surface area contributed by atoms with Crippen LogP contribution < -0.4 is 10.0 Å². The molecule has 1 aromatic rings. The van der Waals surface area contributed by atoms with Crippen LogP contribution in [0.5, 0.6) is 0 Å². The topological polar surface area (TPSA) is 58.2 Å². The first-order chi connectivity index (χ1) is 7.47. The van der Waals surface area contributed by atoms with Crippen LogP contribution in [0.4, 0.5) is 0 Å². The highest BCUT2D eigenvalue weighted by Gasteiger charge is 2.18. The van der Waals surface area contributed by atoms with Gasteiger partial charge in [-0.25, -0.2) is 13.1 Å². The molecular weight excluding hydrogens is 244 g/mol. The minimum Gasteiger partial charge on any atom is -0.310 e. The van der Waals surface area contributed by atoms with E-state index in [1.807, 2.05) is 19.2 Å². The van der Waals surface area contributed by atoms with Crippen molar-refractivity contribution in [1.29, 1.82) is 0 Å². The first kappa shape index (κ1) is 13.6. The van der Waals surface area contributed by atoms with Gasteiger partial charge in [-0.05, 0) is 11.4 Å². The molecule has 6 heteroatoms. The van der Waals surface area contributed by atoms with Crippen LogP contribution in [-0.4, -0.2) is 21.0 Å². The van der Waals surface area contributed by atoms with Crippen LogP contribution in [0.2, 0.25) is 0 Å². The number of hydrogen-bond acceptors (Lipinski definition) is 4. The van der Waals surface area contributed by atoms with Crippen LogP contribution in [0, 0.1) is 0 Å². The number of sulfonamides is 1. The molecule has 4 nitrogen and oxygen atoms in total. The summed E-state index contributed by atoms with van der Waals surface area (Å²) in [6.45, 7) is 6.85. The van der Waals surface area contributed by atoms with E-state index in [4.69, 9.17) is 0 Å². The van der Waals surface area contributed by atoms with E-state index in [-0.39, 0.29) is 0 Å². The summed E-state index contributed by atoms with van der Waals surface area (Å²) in [5.41, 5.74) is 0. The van der Waals surface area contributed by atoms with Gasteiger partial charge in [-0.1, -0.05) is 20.8 Å². The third-order valence-electron chi connectivity index (χ3n) is 2.00. The van der Waals surface area contributed by atoms with Gasteiger partial charge in [0.05, 0.1) is 4.90 Å². The SMILES string of the molecule is CCNS(=O)(=O)c1ccsc1CNC(C)C. The van der Waals surface area contributed by atoms with Crippen molar-refractivity contribution in [3.63, 3.8) is 0 Å². The van der Waals surface area contributed by atoms with Crippen molar-refractivity contribution in [2.75, 3.05) is 6.54 Å². The number of thiophene rings is 1. The van der Waals surface area contributed by atoms with E-state index in [1.54, 1.807) is 13.0 Å². The second kappa shape index (κ2) is 5.77. The first-order valence-electron chi connectivity index (χ1n) is 5.26. The minimum atomic E-state index is -3.33. The van der Waals surface area contributed by atoms with Gasteiger partial charge >= 0.3 is 0 Å². The predicted octanol–water partition coefficient (Wildman–Crippen LogP) is 1.54. The molecule has 2 N–H and O–H groups in total. The monoisotopic (exact) mass is 262 g/mol. The summed E-state index contributed by atoms with van der Waals surface area (Å²) in [5.74, 6) is 0. The summed E-state index contributed by atoms with van der Waals surface area (Å²) in [6, 6.07) is 2.00. The molecule has 0 spiro atoms. The van der Waals surface area contributed by atoms with Crippen LogP contribution >= 0.6 is 11.3 Å². The van der Waals surface area contributed by atoms with Crippen molar-refractivity contribution in [3.8, 4) is 0 Å². The van der Waals surface area contributed by atoms with E-state index in [0.717, 1.165) is 4.88 Å². The highest BCUT2D eigenvalue weighted by atomic mass is 32.2.